The molecule has 0 aromatic carbocycles. The smallest absolute Gasteiger partial charge is 0.383 e. The Morgan fingerprint density at radius 3 is 0.914 bits per heavy atom. The first kappa shape index (κ1) is 38.1. The quantitative estimate of drug-likeness (QED) is 0.151. The Morgan fingerprint density at radius 2 is 0.686 bits per heavy atom. The molecule has 0 unspecified atom stereocenters. The van der Waals surface area contributed by atoms with E-state index in [0.29, 0.717) is 59.5 Å². The summed E-state index contributed by atoms with van der Waals surface area (Å²) in [7, 11) is -0.743. The van der Waals surface area contributed by atoms with Crippen LogP contribution in [0.5, 0.6) is 0 Å². The van der Waals surface area contributed by atoms with E-state index in [9.17, 15) is 0 Å². The van der Waals surface area contributed by atoms with Crippen molar-refractivity contribution in [2.75, 3.05) is 76.7 Å². The molecule has 0 amide bonds. The van der Waals surface area contributed by atoms with Gasteiger partial charge >= 0.3 is 7.32 Å². The Kier molecular flexibility index (Phi) is 23.8. The highest BCUT2D eigenvalue weighted by Crippen LogP contribution is 2.23. The summed E-state index contributed by atoms with van der Waals surface area (Å²) in [6, 6.07) is 0. The highest BCUT2D eigenvalue weighted by atomic mass is 32.2. The normalized spacial score (nSPS) is 12.6. The van der Waals surface area contributed by atoms with Crippen molar-refractivity contribution < 1.29 is 28.2 Å². The van der Waals surface area contributed by atoms with Crippen molar-refractivity contribution in [1.29, 1.82) is 0 Å². The zero-order chi connectivity index (χ0) is 25.9. The lowest BCUT2D eigenvalue weighted by atomic mass is 10.2. The average Bonchev–Trinajstić information content (AvgIpc) is 2.68. The summed E-state index contributed by atoms with van der Waals surface area (Å²) in [5.41, 5.74) is 0. The highest BCUT2D eigenvalue weighted by molar-refractivity contribution is 8.01. The van der Waals surface area contributed by atoms with E-state index in [2.05, 4.69) is 62.3 Å². The molecule has 35 heavy (non-hydrogen) atoms. The minimum Gasteiger partial charge on any atom is -0.383 e. The Morgan fingerprint density at radius 1 is 0.429 bits per heavy atom. The van der Waals surface area contributed by atoms with E-state index >= 15 is 0 Å². The third kappa shape index (κ3) is 32.9. The van der Waals surface area contributed by atoms with Crippen LogP contribution < -0.4 is 0 Å². The van der Waals surface area contributed by atoms with Crippen LogP contribution in [0.1, 0.15) is 62.3 Å². The molecule has 0 N–H and O–H groups in total. The van der Waals surface area contributed by atoms with Gasteiger partial charge in [0.1, 0.15) is 0 Å². The lowest BCUT2D eigenvalue weighted by Gasteiger charge is -2.18. The summed E-state index contributed by atoms with van der Waals surface area (Å²) in [5.74, 6) is 2.90. The van der Waals surface area contributed by atoms with E-state index in [-0.39, 0.29) is 22.7 Å². The monoisotopic (exact) mass is 556 g/mol. The zero-order valence-electron chi connectivity index (χ0n) is 23.2. The van der Waals surface area contributed by atoms with Gasteiger partial charge in [-0.1, -0.05) is 62.3 Å². The van der Waals surface area contributed by atoms with Gasteiger partial charge in [0.05, 0.1) is 67.9 Å². The van der Waals surface area contributed by atoms with Crippen LogP contribution in [0, 0.1) is 0 Å². The van der Waals surface area contributed by atoms with Crippen molar-refractivity contribution in [3.63, 3.8) is 0 Å². The van der Waals surface area contributed by atoms with Gasteiger partial charge in [0.25, 0.3) is 0 Å². The molecule has 0 aliphatic heterocycles. The molecule has 0 fully saturated rings. The van der Waals surface area contributed by atoms with E-state index in [1.54, 1.807) is 0 Å². The Hall–Kier alpha value is 0.940. The van der Waals surface area contributed by atoms with Crippen LogP contribution in [-0.4, -0.2) is 107 Å². The third-order valence-electron chi connectivity index (χ3n) is 3.73. The van der Waals surface area contributed by atoms with Crippen molar-refractivity contribution >= 4 is 51.0 Å². The van der Waals surface area contributed by atoms with Crippen LogP contribution in [0.15, 0.2) is 0 Å². The number of ether oxygens (including phenoxy) is 3. The van der Waals surface area contributed by atoms with Gasteiger partial charge in [-0.05, 0) is 0 Å². The van der Waals surface area contributed by atoms with Gasteiger partial charge in [-0.3, -0.25) is 0 Å². The van der Waals surface area contributed by atoms with Gasteiger partial charge in [0, 0.05) is 31.5 Å². The zero-order valence-corrected chi connectivity index (χ0v) is 25.7. The second-order valence-corrected chi connectivity index (χ2v) is 16.4. The summed E-state index contributed by atoms with van der Waals surface area (Å²) < 4.78 is 35.0. The van der Waals surface area contributed by atoms with Crippen LogP contribution in [0.3, 0.4) is 0 Å². The SMILES string of the molecule is B.CC(C)(C)SCCOCCOB(OCCOCCSC(C)(C)C)OCCOCCSC(C)(C)C. The highest BCUT2D eigenvalue weighted by Gasteiger charge is 2.21. The predicted molar refractivity (Wildman–Crippen MR) is 163 cm³/mol. The van der Waals surface area contributed by atoms with E-state index in [4.69, 9.17) is 28.2 Å². The number of rotatable bonds is 21. The van der Waals surface area contributed by atoms with Crippen molar-refractivity contribution in [2.24, 2.45) is 0 Å². The molecule has 0 spiro atoms. The summed E-state index contributed by atoms with van der Waals surface area (Å²) >= 11 is 5.68. The summed E-state index contributed by atoms with van der Waals surface area (Å²) in [6.07, 6.45) is 0. The molecule has 0 heterocycles. The lowest BCUT2D eigenvalue weighted by Crippen LogP contribution is -2.31. The van der Waals surface area contributed by atoms with Gasteiger partial charge in [0.2, 0.25) is 0 Å². The first-order chi connectivity index (χ1) is 15.8. The van der Waals surface area contributed by atoms with Crippen LogP contribution in [0.2, 0.25) is 0 Å². The number of hydrogen-bond acceptors (Lipinski definition) is 9. The molecule has 6 nitrogen and oxygen atoms in total. The van der Waals surface area contributed by atoms with E-state index in [1.165, 1.54) is 0 Å². The van der Waals surface area contributed by atoms with Crippen LogP contribution in [0.4, 0.5) is 0 Å². The molecule has 0 bridgehead atoms. The van der Waals surface area contributed by atoms with Gasteiger partial charge in [0.15, 0.2) is 0 Å². The number of thioether (sulfide) groups is 3. The van der Waals surface area contributed by atoms with Crippen molar-refractivity contribution in [3.8, 4) is 0 Å². The minimum atomic E-state index is -0.743. The molecule has 0 radical (unpaired) electrons. The third-order valence-corrected chi connectivity index (χ3v) is 7.44. The topological polar surface area (TPSA) is 55.4 Å². The first-order valence-electron chi connectivity index (χ1n) is 12.3. The van der Waals surface area contributed by atoms with Gasteiger partial charge < -0.3 is 28.2 Å². The molecule has 0 saturated carbocycles. The maximum atomic E-state index is 5.74. The summed E-state index contributed by atoms with van der Waals surface area (Å²) in [6.45, 7) is 24.8. The maximum Gasteiger partial charge on any atom is 0.639 e. The van der Waals surface area contributed by atoms with Crippen LogP contribution in [0.25, 0.3) is 0 Å². The molecule has 0 aliphatic rings. The molecule has 210 valence electrons. The fourth-order valence-corrected chi connectivity index (χ4v) is 4.72. The molecular formula is C24H54B2O6S3. The second-order valence-electron chi connectivity index (χ2n) is 10.6. The fourth-order valence-electron chi connectivity index (χ4n) is 2.28. The number of hydrogen-bond donors (Lipinski definition) is 0. The molecule has 0 aromatic rings. The molecule has 11 heteroatoms. The van der Waals surface area contributed by atoms with E-state index < -0.39 is 7.32 Å². The minimum absolute atomic E-state index is 0. The standard InChI is InChI=1S/C24H51BO6S3.BH3/c1-22(2,3)32-19-16-26-10-13-29-25(30-14-11-27-17-20-33-23(4,5)6)31-15-12-28-18-21-34-24(7,8)9;/h10-21H2,1-9H3;1H3. The lowest BCUT2D eigenvalue weighted by molar-refractivity contribution is 0.0248. The summed E-state index contributed by atoms with van der Waals surface area (Å²) in [5, 5.41) is 0. The molecule has 0 atom stereocenters. The largest absolute Gasteiger partial charge is 0.639 e. The Bertz CT molecular complexity index is 405. The Labute approximate surface area is 231 Å². The molecular weight excluding hydrogens is 502 g/mol. The van der Waals surface area contributed by atoms with Gasteiger partial charge in [-0.15, -0.1) is 0 Å². The summed E-state index contributed by atoms with van der Waals surface area (Å²) in [4.78, 5) is 0. The molecule has 0 aliphatic carbocycles. The van der Waals surface area contributed by atoms with Crippen molar-refractivity contribution in [1.82, 2.24) is 0 Å². The molecule has 0 aromatic heterocycles. The predicted octanol–water partition coefficient (Wildman–Crippen LogP) is 4.48. The van der Waals surface area contributed by atoms with Crippen molar-refractivity contribution in [2.45, 2.75) is 76.6 Å². The van der Waals surface area contributed by atoms with Crippen LogP contribution in [-0.2, 0) is 28.2 Å². The maximum absolute atomic E-state index is 5.74. The van der Waals surface area contributed by atoms with Gasteiger partial charge in [-0.2, -0.15) is 35.3 Å². The van der Waals surface area contributed by atoms with Crippen LogP contribution >= 0.6 is 35.3 Å². The second kappa shape index (κ2) is 21.8. The fraction of sp³-hybridized carbons (Fsp3) is 1.00. The van der Waals surface area contributed by atoms with E-state index in [0.717, 1.165) is 17.3 Å². The average molecular weight is 557 g/mol. The van der Waals surface area contributed by atoms with E-state index in [1.807, 2.05) is 35.3 Å². The Balaban J connectivity index is 0. The van der Waals surface area contributed by atoms with Crippen molar-refractivity contribution in [3.05, 3.63) is 0 Å². The first-order valence-corrected chi connectivity index (χ1v) is 15.2. The van der Waals surface area contributed by atoms with Gasteiger partial charge in [-0.25, -0.2) is 0 Å². The molecule has 0 saturated heterocycles. The molecule has 0 rings (SSSR count).